The van der Waals surface area contributed by atoms with Crippen molar-refractivity contribution in [1.29, 1.82) is 0 Å². The Balaban J connectivity index is 1.58. The summed E-state index contributed by atoms with van der Waals surface area (Å²) in [5.41, 5.74) is 9.26. The van der Waals surface area contributed by atoms with Crippen LogP contribution in [0, 0.1) is 6.92 Å². The number of nitrogen functional groups attached to an aromatic ring is 1. The second-order valence-electron chi connectivity index (χ2n) is 6.82. The summed E-state index contributed by atoms with van der Waals surface area (Å²) < 4.78 is 7.80. The largest absolute Gasteiger partial charge is 0.383 e. The zero-order valence-corrected chi connectivity index (χ0v) is 18.5. The molecule has 4 aromatic rings. The minimum Gasteiger partial charge on any atom is -0.383 e. The molecule has 2 heterocycles. The molecule has 0 aliphatic heterocycles. The van der Waals surface area contributed by atoms with Gasteiger partial charge in [-0.2, -0.15) is 10.1 Å². The average Bonchev–Trinajstić information content (AvgIpc) is 3.36. The summed E-state index contributed by atoms with van der Waals surface area (Å²) in [4.78, 5) is 17.0. The molecule has 2 aromatic heterocycles. The van der Waals surface area contributed by atoms with Gasteiger partial charge in [-0.3, -0.25) is 4.79 Å². The first-order valence-electron chi connectivity index (χ1n) is 9.46. The second-order valence-corrected chi connectivity index (χ2v) is 7.67. The summed E-state index contributed by atoms with van der Waals surface area (Å²) in [6, 6.07) is 15.0. The van der Waals surface area contributed by atoms with Crippen molar-refractivity contribution >= 4 is 39.2 Å². The lowest BCUT2D eigenvalue weighted by molar-refractivity contribution is -0.116. The molecule has 0 radical (unpaired) electrons. The Morgan fingerprint density at radius 1 is 1.23 bits per heavy atom. The standard InChI is InChI=1S/C21H20BrN7O2/c1-12-10-14(8-9-15(12)22)25-16(30)11-29-18(23)17(20(24-2)27-29)21-26-19(28-31-21)13-6-4-3-5-7-13/h3-10H,11,23H2,1-2H3,(H,24,27)(H,25,30). The first kappa shape index (κ1) is 20.6. The summed E-state index contributed by atoms with van der Waals surface area (Å²) in [6.45, 7) is 1.88. The van der Waals surface area contributed by atoms with Crippen LogP contribution in [0.3, 0.4) is 0 Å². The number of hydrogen-bond donors (Lipinski definition) is 3. The Morgan fingerprint density at radius 3 is 2.71 bits per heavy atom. The molecular formula is C21H20BrN7O2. The molecular weight excluding hydrogens is 462 g/mol. The van der Waals surface area contributed by atoms with E-state index in [4.69, 9.17) is 10.3 Å². The van der Waals surface area contributed by atoms with E-state index in [0.717, 1.165) is 15.6 Å². The van der Waals surface area contributed by atoms with E-state index in [1.54, 1.807) is 7.05 Å². The molecule has 0 atom stereocenters. The predicted molar refractivity (Wildman–Crippen MR) is 122 cm³/mol. The molecule has 4 N–H and O–H groups in total. The average molecular weight is 482 g/mol. The van der Waals surface area contributed by atoms with E-state index in [0.29, 0.717) is 22.9 Å². The summed E-state index contributed by atoms with van der Waals surface area (Å²) in [5.74, 6) is 1.08. The zero-order valence-electron chi connectivity index (χ0n) is 16.9. The molecule has 0 saturated carbocycles. The van der Waals surface area contributed by atoms with E-state index in [1.807, 2.05) is 55.5 Å². The summed E-state index contributed by atoms with van der Waals surface area (Å²) in [6.07, 6.45) is 0. The summed E-state index contributed by atoms with van der Waals surface area (Å²) >= 11 is 3.45. The van der Waals surface area contributed by atoms with E-state index < -0.39 is 0 Å². The van der Waals surface area contributed by atoms with E-state index in [9.17, 15) is 4.79 Å². The van der Waals surface area contributed by atoms with Crippen LogP contribution in [0.5, 0.6) is 0 Å². The number of anilines is 3. The number of halogens is 1. The molecule has 1 amide bonds. The van der Waals surface area contributed by atoms with Crippen molar-refractivity contribution < 1.29 is 9.32 Å². The van der Waals surface area contributed by atoms with Crippen molar-refractivity contribution in [1.82, 2.24) is 19.9 Å². The third-order valence-electron chi connectivity index (χ3n) is 4.64. The number of carbonyl (C=O) groups is 1. The lowest BCUT2D eigenvalue weighted by atomic mass is 10.2. The molecule has 4 rings (SSSR count). The van der Waals surface area contributed by atoms with Crippen LogP contribution >= 0.6 is 15.9 Å². The highest BCUT2D eigenvalue weighted by atomic mass is 79.9. The lowest BCUT2D eigenvalue weighted by Gasteiger charge is -2.08. The van der Waals surface area contributed by atoms with Gasteiger partial charge in [-0.15, -0.1) is 0 Å². The van der Waals surface area contributed by atoms with Gasteiger partial charge in [0.25, 0.3) is 5.89 Å². The number of nitrogens with one attached hydrogen (secondary N) is 2. The molecule has 0 aliphatic carbocycles. The van der Waals surface area contributed by atoms with Gasteiger partial charge >= 0.3 is 0 Å². The molecule has 158 valence electrons. The van der Waals surface area contributed by atoms with Crippen LogP contribution < -0.4 is 16.4 Å². The van der Waals surface area contributed by atoms with Gasteiger partial charge in [-0.05, 0) is 30.7 Å². The van der Waals surface area contributed by atoms with Gasteiger partial charge in [0, 0.05) is 22.8 Å². The van der Waals surface area contributed by atoms with E-state index in [1.165, 1.54) is 4.68 Å². The fourth-order valence-electron chi connectivity index (χ4n) is 3.07. The summed E-state index contributed by atoms with van der Waals surface area (Å²) in [7, 11) is 1.70. The van der Waals surface area contributed by atoms with Gasteiger partial charge in [0.05, 0.1) is 0 Å². The van der Waals surface area contributed by atoms with Crippen molar-refractivity contribution in [2.75, 3.05) is 23.4 Å². The van der Waals surface area contributed by atoms with Gasteiger partial charge in [-0.25, -0.2) is 4.68 Å². The molecule has 31 heavy (non-hydrogen) atoms. The number of hydrogen-bond acceptors (Lipinski definition) is 7. The molecule has 10 heteroatoms. The van der Waals surface area contributed by atoms with Gasteiger partial charge in [0.15, 0.2) is 5.82 Å². The van der Waals surface area contributed by atoms with Crippen LogP contribution in [0.1, 0.15) is 5.56 Å². The number of carbonyl (C=O) groups excluding carboxylic acids is 1. The summed E-state index contributed by atoms with van der Waals surface area (Å²) in [5, 5.41) is 14.2. The Labute approximate surface area is 186 Å². The molecule has 0 spiro atoms. The van der Waals surface area contributed by atoms with Crippen molar-refractivity contribution in [3.05, 3.63) is 58.6 Å². The van der Waals surface area contributed by atoms with Gasteiger partial charge in [0.1, 0.15) is 17.9 Å². The number of amides is 1. The number of rotatable bonds is 6. The number of aromatic nitrogens is 4. The number of nitrogens with two attached hydrogens (primary N) is 1. The maximum absolute atomic E-state index is 12.6. The lowest BCUT2D eigenvalue weighted by Crippen LogP contribution is -2.20. The maximum atomic E-state index is 12.6. The number of benzene rings is 2. The van der Waals surface area contributed by atoms with Gasteiger partial charge < -0.3 is 20.9 Å². The minimum atomic E-state index is -0.263. The van der Waals surface area contributed by atoms with Crippen molar-refractivity contribution in [3.63, 3.8) is 0 Å². The van der Waals surface area contributed by atoms with E-state index in [-0.39, 0.29) is 24.2 Å². The molecule has 2 aromatic carbocycles. The fraction of sp³-hybridized carbons (Fsp3) is 0.143. The predicted octanol–water partition coefficient (Wildman–Crippen LogP) is 3.93. The molecule has 0 aliphatic rings. The first-order valence-corrected chi connectivity index (χ1v) is 10.2. The van der Waals surface area contributed by atoms with Gasteiger partial charge in [0.2, 0.25) is 11.7 Å². The molecule has 0 fully saturated rings. The maximum Gasteiger partial charge on any atom is 0.265 e. The number of nitrogens with zero attached hydrogens (tertiary/aromatic N) is 4. The van der Waals surface area contributed by atoms with Gasteiger partial charge in [-0.1, -0.05) is 51.4 Å². The smallest absolute Gasteiger partial charge is 0.265 e. The van der Waals surface area contributed by atoms with Crippen molar-refractivity contribution in [2.24, 2.45) is 0 Å². The molecule has 0 bridgehead atoms. The Hall–Kier alpha value is -3.66. The van der Waals surface area contributed by atoms with Crippen LogP contribution in [0.4, 0.5) is 17.3 Å². The first-order chi connectivity index (χ1) is 15.0. The van der Waals surface area contributed by atoms with Crippen LogP contribution in [-0.2, 0) is 11.3 Å². The third kappa shape index (κ3) is 4.29. The highest BCUT2D eigenvalue weighted by Gasteiger charge is 2.23. The molecule has 0 saturated heterocycles. The second kappa shape index (κ2) is 8.60. The Bertz CT molecular complexity index is 1230. The van der Waals surface area contributed by atoms with Crippen LogP contribution in [0.2, 0.25) is 0 Å². The fourth-order valence-corrected chi connectivity index (χ4v) is 3.32. The van der Waals surface area contributed by atoms with E-state index >= 15 is 0 Å². The van der Waals surface area contributed by atoms with Crippen molar-refractivity contribution in [2.45, 2.75) is 13.5 Å². The van der Waals surface area contributed by atoms with Crippen LogP contribution in [0.25, 0.3) is 22.8 Å². The molecule has 0 unspecified atom stereocenters. The monoisotopic (exact) mass is 481 g/mol. The number of aryl methyl sites for hydroxylation is 1. The quantitative estimate of drug-likeness (QED) is 0.380. The third-order valence-corrected chi connectivity index (χ3v) is 5.53. The topological polar surface area (TPSA) is 124 Å². The minimum absolute atomic E-state index is 0.0741. The normalized spacial score (nSPS) is 10.8. The van der Waals surface area contributed by atoms with E-state index in [2.05, 4.69) is 41.8 Å². The Kier molecular flexibility index (Phi) is 5.72. The van der Waals surface area contributed by atoms with Crippen LogP contribution in [0.15, 0.2) is 57.5 Å². The van der Waals surface area contributed by atoms with Crippen molar-refractivity contribution in [3.8, 4) is 22.8 Å². The zero-order chi connectivity index (χ0) is 22.0. The van der Waals surface area contributed by atoms with Crippen LogP contribution in [-0.4, -0.2) is 32.9 Å². The highest BCUT2D eigenvalue weighted by Crippen LogP contribution is 2.33. The highest BCUT2D eigenvalue weighted by molar-refractivity contribution is 9.10. The molecule has 9 nitrogen and oxygen atoms in total. The SMILES string of the molecule is CNc1nn(CC(=O)Nc2ccc(Br)c(C)c2)c(N)c1-c1nc(-c2ccccc2)no1. The Morgan fingerprint density at radius 2 is 2.00 bits per heavy atom.